The first-order chi connectivity index (χ1) is 10.2. The van der Waals surface area contributed by atoms with Crippen LogP contribution in [0.1, 0.15) is 29.7 Å². The lowest BCUT2D eigenvalue weighted by Gasteiger charge is -2.19. The van der Waals surface area contributed by atoms with Gasteiger partial charge in [-0.1, -0.05) is 31.2 Å². The number of carbonyl (C=O) groups excluding carboxylic acids is 1. The van der Waals surface area contributed by atoms with Gasteiger partial charge in [0.2, 0.25) is 5.91 Å². The van der Waals surface area contributed by atoms with Crippen molar-refractivity contribution in [2.24, 2.45) is 0 Å². The number of carbonyl (C=O) groups is 1. The predicted molar refractivity (Wildman–Crippen MR) is 80.7 cm³/mol. The maximum Gasteiger partial charge on any atom is 0.228 e. The van der Waals surface area contributed by atoms with E-state index in [1.807, 2.05) is 31.2 Å². The SMILES string of the molecule is CCNC(c1cccc(F)c1)c1ccc2c(c1)CC(=O)N2. The minimum Gasteiger partial charge on any atom is -0.326 e. The number of amides is 1. The molecular formula is C17H17FN2O. The first-order valence-electron chi connectivity index (χ1n) is 7.09. The molecule has 1 aliphatic rings. The van der Waals surface area contributed by atoms with Crippen molar-refractivity contribution in [1.29, 1.82) is 0 Å². The quantitative estimate of drug-likeness (QED) is 0.906. The molecule has 0 fully saturated rings. The second-order valence-electron chi connectivity index (χ2n) is 5.19. The van der Waals surface area contributed by atoms with Crippen molar-refractivity contribution in [2.75, 3.05) is 11.9 Å². The third-order valence-corrected chi connectivity index (χ3v) is 3.68. The van der Waals surface area contributed by atoms with Crippen LogP contribution in [-0.2, 0) is 11.2 Å². The lowest BCUT2D eigenvalue weighted by molar-refractivity contribution is -0.115. The number of hydrogen-bond donors (Lipinski definition) is 2. The van der Waals surface area contributed by atoms with E-state index in [1.165, 1.54) is 6.07 Å². The molecule has 0 bridgehead atoms. The molecule has 21 heavy (non-hydrogen) atoms. The molecule has 3 nitrogen and oxygen atoms in total. The van der Waals surface area contributed by atoms with Crippen molar-refractivity contribution in [3.05, 3.63) is 65.0 Å². The molecule has 1 heterocycles. The number of fused-ring (bicyclic) bond motifs is 1. The van der Waals surface area contributed by atoms with Crippen LogP contribution in [0.3, 0.4) is 0 Å². The lowest BCUT2D eigenvalue weighted by atomic mass is 9.96. The van der Waals surface area contributed by atoms with E-state index in [0.29, 0.717) is 6.42 Å². The molecule has 0 saturated heterocycles. The Hall–Kier alpha value is -2.20. The van der Waals surface area contributed by atoms with Crippen LogP contribution in [0.15, 0.2) is 42.5 Å². The molecule has 2 aromatic carbocycles. The van der Waals surface area contributed by atoms with Gasteiger partial charge in [0.1, 0.15) is 5.82 Å². The summed E-state index contributed by atoms with van der Waals surface area (Å²) in [6.45, 7) is 2.79. The summed E-state index contributed by atoms with van der Waals surface area (Å²) in [5.41, 5.74) is 3.79. The summed E-state index contributed by atoms with van der Waals surface area (Å²) in [5.74, 6) is -0.221. The number of benzene rings is 2. The van der Waals surface area contributed by atoms with Crippen LogP contribution in [0.25, 0.3) is 0 Å². The summed E-state index contributed by atoms with van der Waals surface area (Å²) in [4.78, 5) is 11.4. The summed E-state index contributed by atoms with van der Waals surface area (Å²) in [6, 6.07) is 12.4. The smallest absolute Gasteiger partial charge is 0.228 e. The highest BCUT2D eigenvalue weighted by molar-refractivity contribution is 5.99. The fraction of sp³-hybridized carbons (Fsp3) is 0.235. The van der Waals surface area contributed by atoms with Crippen LogP contribution in [0.2, 0.25) is 0 Å². The van der Waals surface area contributed by atoms with Gasteiger partial charge in [0.05, 0.1) is 12.5 Å². The van der Waals surface area contributed by atoms with E-state index < -0.39 is 0 Å². The topological polar surface area (TPSA) is 41.1 Å². The van der Waals surface area contributed by atoms with Gasteiger partial charge < -0.3 is 10.6 Å². The van der Waals surface area contributed by atoms with E-state index in [2.05, 4.69) is 10.6 Å². The van der Waals surface area contributed by atoms with E-state index in [1.54, 1.807) is 12.1 Å². The van der Waals surface area contributed by atoms with Crippen molar-refractivity contribution < 1.29 is 9.18 Å². The highest BCUT2D eigenvalue weighted by atomic mass is 19.1. The standard InChI is InChI=1S/C17H17FN2O/c1-2-19-17(11-4-3-5-14(18)9-11)12-6-7-15-13(8-12)10-16(21)20-15/h3-9,17,19H,2,10H2,1H3,(H,20,21). The molecular weight excluding hydrogens is 267 g/mol. The third kappa shape index (κ3) is 2.81. The third-order valence-electron chi connectivity index (χ3n) is 3.68. The second-order valence-corrected chi connectivity index (χ2v) is 5.19. The Morgan fingerprint density at radius 2 is 2.05 bits per heavy atom. The van der Waals surface area contributed by atoms with Crippen molar-refractivity contribution in [2.45, 2.75) is 19.4 Å². The zero-order valence-electron chi connectivity index (χ0n) is 11.8. The van der Waals surface area contributed by atoms with Gasteiger partial charge in [-0.15, -0.1) is 0 Å². The predicted octanol–water partition coefficient (Wildman–Crippen LogP) is 3.02. The highest BCUT2D eigenvalue weighted by Crippen LogP contribution is 2.29. The molecule has 1 atom stereocenters. The number of anilines is 1. The normalized spacial score (nSPS) is 14.7. The minimum absolute atomic E-state index is 0.0212. The molecule has 108 valence electrons. The zero-order valence-corrected chi connectivity index (χ0v) is 11.8. The van der Waals surface area contributed by atoms with Gasteiger partial charge >= 0.3 is 0 Å². The van der Waals surface area contributed by atoms with Crippen molar-refractivity contribution >= 4 is 11.6 Å². The Kier molecular flexibility index (Phi) is 3.71. The molecule has 0 aliphatic carbocycles. The fourth-order valence-electron chi connectivity index (χ4n) is 2.75. The van der Waals surface area contributed by atoms with Gasteiger partial charge in [0.25, 0.3) is 0 Å². The van der Waals surface area contributed by atoms with Crippen molar-refractivity contribution in [3.63, 3.8) is 0 Å². The molecule has 0 spiro atoms. The van der Waals surface area contributed by atoms with Gasteiger partial charge in [-0.25, -0.2) is 4.39 Å². The highest BCUT2D eigenvalue weighted by Gasteiger charge is 2.20. The van der Waals surface area contributed by atoms with E-state index in [0.717, 1.165) is 28.9 Å². The van der Waals surface area contributed by atoms with Crippen molar-refractivity contribution in [3.8, 4) is 0 Å². The second kappa shape index (κ2) is 5.66. The molecule has 0 saturated carbocycles. The summed E-state index contributed by atoms with van der Waals surface area (Å²) >= 11 is 0. The van der Waals surface area contributed by atoms with Gasteiger partial charge in [0.15, 0.2) is 0 Å². The first-order valence-corrected chi connectivity index (χ1v) is 7.09. The summed E-state index contributed by atoms with van der Waals surface area (Å²) in [5, 5.41) is 6.20. The molecule has 3 rings (SSSR count). The van der Waals surface area contributed by atoms with Crippen LogP contribution in [0.5, 0.6) is 0 Å². The Balaban J connectivity index is 1.98. The van der Waals surface area contributed by atoms with Gasteiger partial charge in [-0.2, -0.15) is 0 Å². The van der Waals surface area contributed by atoms with Crippen molar-refractivity contribution in [1.82, 2.24) is 5.32 Å². The molecule has 2 aromatic rings. The van der Waals surface area contributed by atoms with E-state index >= 15 is 0 Å². The van der Waals surface area contributed by atoms with E-state index in [4.69, 9.17) is 0 Å². The fourth-order valence-corrected chi connectivity index (χ4v) is 2.75. The molecule has 1 unspecified atom stereocenters. The Labute approximate surface area is 123 Å². The molecule has 1 aliphatic heterocycles. The number of hydrogen-bond acceptors (Lipinski definition) is 2. The average Bonchev–Trinajstić information content (AvgIpc) is 2.83. The molecule has 0 radical (unpaired) electrons. The van der Waals surface area contributed by atoms with E-state index in [-0.39, 0.29) is 17.8 Å². The van der Waals surface area contributed by atoms with E-state index in [9.17, 15) is 9.18 Å². The minimum atomic E-state index is -0.242. The van der Waals surface area contributed by atoms with Gasteiger partial charge in [-0.05, 0) is 41.4 Å². The number of nitrogens with one attached hydrogen (secondary N) is 2. The molecule has 2 N–H and O–H groups in total. The first kappa shape index (κ1) is 13.8. The maximum absolute atomic E-state index is 13.5. The van der Waals surface area contributed by atoms with Crippen LogP contribution in [0, 0.1) is 5.82 Å². The van der Waals surface area contributed by atoms with Crippen LogP contribution < -0.4 is 10.6 Å². The number of rotatable bonds is 4. The summed E-state index contributed by atoms with van der Waals surface area (Å²) in [7, 11) is 0. The monoisotopic (exact) mass is 284 g/mol. The Morgan fingerprint density at radius 1 is 1.24 bits per heavy atom. The molecule has 1 amide bonds. The summed E-state index contributed by atoms with van der Waals surface area (Å²) in [6.07, 6.45) is 0.408. The molecule has 0 aromatic heterocycles. The Morgan fingerprint density at radius 3 is 2.81 bits per heavy atom. The van der Waals surface area contributed by atoms with Crippen LogP contribution >= 0.6 is 0 Å². The van der Waals surface area contributed by atoms with Crippen LogP contribution in [-0.4, -0.2) is 12.5 Å². The lowest BCUT2D eigenvalue weighted by Crippen LogP contribution is -2.22. The summed E-state index contributed by atoms with van der Waals surface area (Å²) < 4.78 is 13.5. The van der Waals surface area contributed by atoms with Gasteiger partial charge in [-0.3, -0.25) is 4.79 Å². The molecule has 4 heteroatoms. The Bertz CT molecular complexity index is 684. The van der Waals surface area contributed by atoms with Gasteiger partial charge in [0, 0.05) is 5.69 Å². The number of halogens is 1. The average molecular weight is 284 g/mol. The maximum atomic E-state index is 13.5. The van der Waals surface area contributed by atoms with Crippen LogP contribution in [0.4, 0.5) is 10.1 Å². The largest absolute Gasteiger partial charge is 0.326 e. The zero-order chi connectivity index (χ0) is 14.8.